The van der Waals surface area contributed by atoms with Crippen molar-refractivity contribution in [1.82, 2.24) is 4.90 Å². The number of likely N-dealkylation sites (tertiary alicyclic amines) is 1. The van der Waals surface area contributed by atoms with Crippen LogP contribution in [0, 0.1) is 13.8 Å². The fourth-order valence-electron chi connectivity index (χ4n) is 6.19. The first-order chi connectivity index (χ1) is 21.9. The van der Waals surface area contributed by atoms with Gasteiger partial charge in [0.25, 0.3) is 20.0 Å². The number of hydrogen-bond donors (Lipinski definition) is 0. The summed E-state index contributed by atoms with van der Waals surface area (Å²) in [4.78, 5) is 7.25. The van der Waals surface area contributed by atoms with Crippen molar-refractivity contribution in [2.45, 2.75) is 42.0 Å². The Morgan fingerprint density at radius 3 is 1.80 bits per heavy atom. The number of fused-ring (bicyclic) bond motifs is 3. The lowest BCUT2D eigenvalue weighted by Crippen LogP contribution is -2.41. The van der Waals surface area contributed by atoms with Crippen LogP contribution in [0.3, 0.4) is 0 Å². The third-order valence-corrected chi connectivity index (χ3v) is 12.9. The average molecular weight is 660 g/mol. The van der Waals surface area contributed by atoms with Crippen molar-refractivity contribution in [3.8, 4) is 11.5 Å². The quantitative estimate of drug-likeness (QED) is 0.245. The normalized spacial score (nSPS) is 18.2. The summed E-state index contributed by atoms with van der Waals surface area (Å²) in [6.45, 7) is 5.44. The van der Waals surface area contributed by atoms with E-state index in [0.29, 0.717) is 15.2 Å². The fourth-order valence-corrected chi connectivity index (χ4v) is 9.89. The van der Waals surface area contributed by atoms with E-state index in [1.165, 1.54) is 36.4 Å². The summed E-state index contributed by atoms with van der Waals surface area (Å²) in [6.07, 6.45) is 0.883. The molecule has 0 radical (unpaired) electrons. The number of nitrogens with zero attached hydrogens (tertiary/aromatic N) is 3. The van der Waals surface area contributed by atoms with Crippen LogP contribution in [0.1, 0.15) is 40.2 Å². The Morgan fingerprint density at radius 2 is 1.28 bits per heavy atom. The largest absolute Gasteiger partial charge is 0.493 e. The van der Waals surface area contributed by atoms with E-state index >= 15 is 0 Å². The van der Waals surface area contributed by atoms with E-state index in [9.17, 15) is 16.8 Å². The first kappa shape index (κ1) is 31.8. The molecule has 1 saturated heterocycles. The fraction of sp³-hybridized carbons (Fsp3) is 0.286. The summed E-state index contributed by atoms with van der Waals surface area (Å²) in [5, 5.41) is 0. The molecule has 2 aliphatic heterocycles. The van der Waals surface area contributed by atoms with Crippen LogP contribution in [0.5, 0.6) is 11.5 Å². The molecule has 240 valence electrons. The van der Waals surface area contributed by atoms with Crippen LogP contribution in [0.4, 0.5) is 5.69 Å². The van der Waals surface area contributed by atoms with Gasteiger partial charge in [-0.3, -0.25) is 4.99 Å². The number of anilines is 1. The molecule has 0 N–H and O–H groups in total. The number of sulfonamides is 2. The summed E-state index contributed by atoms with van der Waals surface area (Å²) in [5.74, 6) is 1.39. The van der Waals surface area contributed by atoms with Gasteiger partial charge in [-0.2, -0.15) is 3.71 Å². The van der Waals surface area contributed by atoms with E-state index in [2.05, 4.69) is 11.9 Å². The minimum Gasteiger partial charge on any atom is -0.493 e. The third kappa shape index (κ3) is 5.67. The van der Waals surface area contributed by atoms with Gasteiger partial charge in [-0.25, -0.2) is 16.8 Å². The van der Waals surface area contributed by atoms with E-state index < -0.39 is 20.0 Å². The molecule has 46 heavy (non-hydrogen) atoms. The molecule has 4 aromatic rings. The van der Waals surface area contributed by atoms with Gasteiger partial charge in [0.15, 0.2) is 11.5 Å². The van der Waals surface area contributed by atoms with Gasteiger partial charge in [0.1, 0.15) is 0 Å². The Hall–Kier alpha value is -4.19. The van der Waals surface area contributed by atoms with Gasteiger partial charge in [0.2, 0.25) is 0 Å². The Kier molecular flexibility index (Phi) is 8.43. The van der Waals surface area contributed by atoms with Gasteiger partial charge < -0.3 is 14.4 Å². The molecule has 2 heterocycles. The summed E-state index contributed by atoms with van der Waals surface area (Å²) >= 11 is 0. The van der Waals surface area contributed by atoms with Crippen molar-refractivity contribution in [2.24, 2.45) is 4.99 Å². The number of methoxy groups -OCH3 is 2. The summed E-state index contributed by atoms with van der Waals surface area (Å²) in [6, 6.07) is 22.8. The Morgan fingerprint density at radius 1 is 0.761 bits per heavy atom. The van der Waals surface area contributed by atoms with Crippen molar-refractivity contribution >= 4 is 31.4 Å². The highest BCUT2D eigenvalue weighted by Gasteiger charge is 2.38. The zero-order chi connectivity index (χ0) is 32.8. The maximum absolute atomic E-state index is 14.1. The first-order valence-electron chi connectivity index (χ1n) is 15.0. The highest BCUT2D eigenvalue weighted by atomic mass is 32.3. The molecule has 9 nitrogen and oxygen atoms in total. The van der Waals surface area contributed by atoms with Crippen molar-refractivity contribution < 1.29 is 26.3 Å². The second kappa shape index (κ2) is 12.2. The van der Waals surface area contributed by atoms with Crippen molar-refractivity contribution in [1.29, 1.82) is 0 Å². The molecule has 2 atom stereocenters. The lowest BCUT2D eigenvalue weighted by molar-refractivity contribution is 0.227. The third-order valence-electron chi connectivity index (χ3n) is 8.71. The van der Waals surface area contributed by atoms with Crippen LogP contribution in [-0.2, 0) is 20.0 Å². The highest BCUT2D eigenvalue weighted by Crippen LogP contribution is 2.42. The maximum atomic E-state index is 14.1. The van der Waals surface area contributed by atoms with Gasteiger partial charge >= 0.3 is 0 Å². The van der Waals surface area contributed by atoms with Gasteiger partial charge in [-0.1, -0.05) is 47.5 Å². The molecule has 2 aliphatic rings. The Labute approximate surface area is 271 Å². The second-order valence-electron chi connectivity index (χ2n) is 11.9. The van der Waals surface area contributed by atoms with E-state index in [-0.39, 0.29) is 27.4 Å². The van der Waals surface area contributed by atoms with Crippen LogP contribution in [-0.4, -0.2) is 67.8 Å². The standard InChI is InChI=1S/C35H37N3O6S2/c1-23-6-14-27(15-7-23)45(39,40)38(46(41,42)28-16-8-24(2)9-17-28)26-12-10-25(11-13-26)35-30-21-34(44-5)33(43-4)20-29(30)31-22-37(3)19-18-32(31)36-35/h6-17,20-21,31-32H,18-19,22H2,1-5H3/t31-,32-/m0/s1. The van der Waals surface area contributed by atoms with Crippen LogP contribution in [0.2, 0.25) is 0 Å². The summed E-state index contributed by atoms with van der Waals surface area (Å²) < 4.78 is 68.2. The average Bonchev–Trinajstić information content (AvgIpc) is 3.04. The second-order valence-corrected chi connectivity index (χ2v) is 15.7. The number of rotatable bonds is 8. The molecule has 0 aromatic heterocycles. The number of aryl methyl sites for hydroxylation is 2. The Balaban J connectivity index is 1.47. The van der Waals surface area contributed by atoms with Crippen LogP contribution >= 0.6 is 0 Å². The first-order valence-corrected chi connectivity index (χ1v) is 17.9. The van der Waals surface area contributed by atoms with Crippen LogP contribution in [0.15, 0.2) is 99.7 Å². The lowest BCUT2D eigenvalue weighted by Gasteiger charge is -2.39. The SMILES string of the molecule is COc1cc2c(cc1OC)[C@@H]1CN(C)CC[C@@H]1N=C2c1ccc(N(S(=O)(=O)c2ccc(C)cc2)S(=O)(=O)c2ccc(C)cc2)cc1. The van der Waals surface area contributed by atoms with E-state index in [0.717, 1.165) is 53.0 Å². The monoisotopic (exact) mass is 659 g/mol. The number of aliphatic imine (C=N–C) groups is 1. The van der Waals surface area contributed by atoms with Crippen molar-refractivity contribution in [3.05, 3.63) is 113 Å². The molecular formula is C35H37N3O6S2. The highest BCUT2D eigenvalue weighted by molar-refractivity contribution is 8.10. The summed E-state index contributed by atoms with van der Waals surface area (Å²) in [7, 11) is -3.75. The minimum absolute atomic E-state index is 0.00832. The molecule has 6 rings (SSSR count). The predicted octanol–water partition coefficient (Wildman–Crippen LogP) is 5.54. The van der Waals surface area contributed by atoms with Gasteiger partial charge in [0.05, 0.1) is 41.5 Å². The zero-order valence-electron chi connectivity index (χ0n) is 26.5. The number of benzene rings is 4. The van der Waals surface area contributed by atoms with Crippen LogP contribution in [0.25, 0.3) is 0 Å². The number of piperidine rings is 1. The van der Waals surface area contributed by atoms with Crippen molar-refractivity contribution in [3.63, 3.8) is 0 Å². The Bertz CT molecular complexity index is 1930. The van der Waals surface area contributed by atoms with E-state index in [1.54, 1.807) is 50.6 Å². The van der Waals surface area contributed by atoms with Crippen LogP contribution < -0.4 is 13.2 Å². The molecular weight excluding hydrogens is 623 g/mol. The molecule has 11 heteroatoms. The summed E-state index contributed by atoms with van der Waals surface area (Å²) in [5.41, 5.74) is 5.17. The maximum Gasteiger partial charge on any atom is 0.277 e. The predicted molar refractivity (Wildman–Crippen MR) is 179 cm³/mol. The molecule has 0 amide bonds. The molecule has 1 fully saturated rings. The molecule has 0 spiro atoms. The van der Waals surface area contributed by atoms with Gasteiger partial charge in [-0.15, -0.1) is 0 Å². The van der Waals surface area contributed by atoms with Gasteiger partial charge in [0, 0.05) is 23.6 Å². The molecule has 4 aromatic carbocycles. The number of likely N-dealkylation sites (N-methyl/N-ethyl adjacent to an activating group) is 1. The lowest BCUT2D eigenvalue weighted by atomic mass is 9.79. The topological polar surface area (TPSA) is 106 Å². The molecule has 0 bridgehead atoms. The molecule has 0 unspecified atom stereocenters. The smallest absolute Gasteiger partial charge is 0.277 e. The zero-order valence-corrected chi connectivity index (χ0v) is 28.1. The van der Waals surface area contributed by atoms with E-state index in [1.807, 2.05) is 26.0 Å². The molecule has 0 aliphatic carbocycles. The number of hydrogen-bond acceptors (Lipinski definition) is 8. The van der Waals surface area contributed by atoms with Gasteiger partial charge in [-0.05, 0) is 88.0 Å². The number of ether oxygens (including phenoxy) is 2. The van der Waals surface area contributed by atoms with E-state index in [4.69, 9.17) is 14.5 Å². The molecule has 0 saturated carbocycles. The van der Waals surface area contributed by atoms with Crippen molar-refractivity contribution in [2.75, 3.05) is 38.1 Å². The minimum atomic E-state index is -4.53.